The van der Waals surface area contributed by atoms with Gasteiger partial charge in [0, 0.05) is 20.2 Å². The van der Waals surface area contributed by atoms with Crippen LogP contribution in [0.4, 0.5) is 0 Å². The molecule has 0 aliphatic rings. The number of nitrogens with one attached hydrogen (secondary N) is 2. The third-order valence-corrected chi connectivity index (χ3v) is 1.83. The Balaban J connectivity index is 2.43. The number of hydrogen-bond donors (Lipinski definition) is 2. The summed E-state index contributed by atoms with van der Waals surface area (Å²) in [4.78, 5) is 11.5. The highest BCUT2D eigenvalue weighted by Crippen LogP contribution is 2.08. The van der Waals surface area contributed by atoms with Gasteiger partial charge < -0.3 is 19.8 Å². The fourth-order valence-corrected chi connectivity index (χ4v) is 1.11. The van der Waals surface area contributed by atoms with Crippen LogP contribution in [0.15, 0.2) is 16.5 Å². The molecule has 0 fully saturated rings. The molecule has 0 spiro atoms. The summed E-state index contributed by atoms with van der Waals surface area (Å²) in [6.45, 7) is 1.69. The Morgan fingerprint density at radius 2 is 2.27 bits per heavy atom. The zero-order valence-corrected chi connectivity index (χ0v) is 9.00. The monoisotopic (exact) mass is 212 g/mol. The minimum absolute atomic E-state index is 0.201. The summed E-state index contributed by atoms with van der Waals surface area (Å²) in [5, 5.41) is 5.65. The fourth-order valence-electron chi connectivity index (χ4n) is 1.11. The van der Waals surface area contributed by atoms with Crippen LogP contribution in [0.25, 0.3) is 0 Å². The molecule has 0 radical (unpaired) electrons. The summed E-state index contributed by atoms with van der Waals surface area (Å²) in [6, 6.07) is 3.37. The van der Waals surface area contributed by atoms with Gasteiger partial charge in [-0.25, -0.2) is 0 Å². The number of furan rings is 1. The van der Waals surface area contributed by atoms with Crippen molar-refractivity contribution >= 4 is 5.91 Å². The zero-order valence-electron chi connectivity index (χ0n) is 9.00. The van der Waals surface area contributed by atoms with Crippen molar-refractivity contribution in [2.75, 3.05) is 27.2 Å². The number of rotatable bonds is 6. The summed E-state index contributed by atoms with van der Waals surface area (Å²) in [5.41, 5.74) is 0. The SMILES string of the molecule is CNCCNC(=O)c1ccc(COC)o1. The first kappa shape index (κ1) is 11.7. The van der Waals surface area contributed by atoms with Crippen LogP contribution in [0.3, 0.4) is 0 Å². The third-order valence-electron chi connectivity index (χ3n) is 1.83. The quantitative estimate of drug-likeness (QED) is 0.669. The lowest BCUT2D eigenvalue weighted by Crippen LogP contribution is -2.30. The van der Waals surface area contributed by atoms with Crippen LogP contribution >= 0.6 is 0 Å². The van der Waals surface area contributed by atoms with Gasteiger partial charge in [-0.3, -0.25) is 4.79 Å². The molecular weight excluding hydrogens is 196 g/mol. The molecule has 1 heterocycles. The highest BCUT2D eigenvalue weighted by atomic mass is 16.5. The highest BCUT2D eigenvalue weighted by molar-refractivity contribution is 5.91. The standard InChI is InChI=1S/C10H16N2O3/c1-11-5-6-12-10(13)9-4-3-8(15-9)7-14-2/h3-4,11H,5-7H2,1-2H3,(H,12,13). The summed E-state index contributed by atoms with van der Waals surface area (Å²) in [6.07, 6.45) is 0. The van der Waals surface area contributed by atoms with Crippen molar-refractivity contribution in [2.24, 2.45) is 0 Å². The highest BCUT2D eigenvalue weighted by Gasteiger charge is 2.09. The minimum Gasteiger partial charge on any atom is -0.453 e. The molecule has 1 aromatic rings. The van der Waals surface area contributed by atoms with Crippen LogP contribution < -0.4 is 10.6 Å². The molecule has 2 N–H and O–H groups in total. The summed E-state index contributed by atoms with van der Waals surface area (Å²) in [7, 11) is 3.41. The number of ether oxygens (including phenoxy) is 1. The van der Waals surface area contributed by atoms with Crippen LogP contribution in [-0.2, 0) is 11.3 Å². The number of methoxy groups -OCH3 is 1. The molecule has 0 saturated carbocycles. The molecule has 0 unspecified atom stereocenters. The molecule has 0 saturated heterocycles. The molecule has 0 aliphatic carbocycles. The summed E-state index contributed by atoms with van der Waals surface area (Å²) in [5.74, 6) is 0.766. The van der Waals surface area contributed by atoms with Crippen molar-refractivity contribution < 1.29 is 13.9 Å². The van der Waals surface area contributed by atoms with Gasteiger partial charge >= 0.3 is 0 Å². The molecule has 5 heteroatoms. The van der Waals surface area contributed by atoms with Gasteiger partial charge in [-0.15, -0.1) is 0 Å². The number of carbonyl (C=O) groups is 1. The lowest BCUT2D eigenvalue weighted by molar-refractivity contribution is 0.0917. The Bertz CT molecular complexity index is 309. The second-order valence-corrected chi connectivity index (χ2v) is 3.06. The van der Waals surface area contributed by atoms with Crippen molar-refractivity contribution in [3.8, 4) is 0 Å². The smallest absolute Gasteiger partial charge is 0.287 e. The lowest BCUT2D eigenvalue weighted by atomic mass is 10.4. The van der Waals surface area contributed by atoms with E-state index in [9.17, 15) is 4.79 Å². The van der Waals surface area contributed by atoms with E-state index < -0.39 is 0 Å². The van der Waals surface area contributed by atoms with E-state index in [1.807, 2.05) is 7.05 Å². The number of likely N-dealkylation sites (N-methyl/N-ethyl adjacent to an activating group) is 1. The second kappa shape index (κ2) is 6.21. The van der Waals surface area contributed by atoms with Gasteiger partial charge in [-0.1, -0.05) is 0 Å². The van der Waals surface area contributed by atoms with E-state index in [1.54, 1.807) is 19.2 Å². The molecule has 5 nitrogen and oxygen atoms in total. The molecular formula is C10H16N2O3. The Labute approximate surface area is 88.8 Å². The molecule has 84 valence electrons. The van der Waals surface area contributed by atoms with Crippen LogP contribution in [-0.4, -0.2) is 33.2 Å². The van der Waals surface area contributed by atoms with Gasteiger partial charge in [-0.05, 0) is 19.2 Å². The number of hydrogen-bond acceptors (Lipinski definition) is 4. The predicted octanol–water partition coefficient (Wildman–Crippen LogP) is 0.375. The van der Waals surface area contributed by atoms with Crippen molar-refractivity contribution in [2.45, 2.75) is 6.61 Å². The first-order chi connectivity index (χ1) is 7.27. The molecule has 0 bridgehead atoms. The molecule has 1 rings (SSSR count). The van der Waals surface area contributed by atoms with Crippen LogP contribution in [0.1, 0.15) is 16.3 Å². The Kier molecular flexibility index (Phi) is 4.86. The zero-order chi connectivity index (χ0) is 11.1. The van der Waals surface area contributed by atoms with Crippen LogP contribution in [0.5, 0.6) is 0 Å². The Hall–Kier alpha value is -1.33. The molecule has 0 atom stereocenters. The van der Waals surface area contributed by atoms with E-state index in [2.05, 4.69) is 10.6 Å². The predicted molar refractivity (Wildman–Crippen MR) is 55.7 cm³/mol. The minimum atomic E-state index is -0.201. The lowest BCUT2D eigenvalue weighted by Gasteiger charge is -2.01. The fraction of sp³-hybridized carbons (Fsp3) is 0.500. The van der Waals surface area contributed by atoms with Crippen molar-refractivity contribution in [1.82, 2.24) is 10.6 Å². The second-order valence-electron chi connectivity index (χ2n) is 3.06. The topological polar surface area (TPSA) is 63.5 Å². The number of carbonyl (C=O) groups excluding carboxylic acids is 1. The average molecular weight is 212 g/mol. The van der Waals surface area contributed by atoms with E-state index in [4.69, 9.17) is 9.15 Å². The van der Waals surface area contributed by atoms with Gasteiger partial charge in [0.1, 0.15) is 12.4 Å². The van der Waals surface area contributed by atoms with E-state index in [0.29, 0.717) is 24.7 Å². The molecule has 0 aliphatic heterocycles. The first-order valence-electron chi connectivity index (χ1n) is 4.78. The Morgan fingerprint density at radius 3 is 2.93 bits per heavy atom. The summed E-state index contributed by atoms with van der Waals surface area (Å²) < 4.78 is 10.1. The molecule has 1 aromatic heterocycles. The van der Waals surface area contributed by atoms with Gasteiger partial charge in [0.05, 0.1) is 0 Å². The number of amides is 1. The van der Waals surface area contributed by atoms with Gasteiger partial charge in [0.25, 0.3) is 5.91 Å². The normalized spacial score (nSPS) is 10.3. The van der Waals surface area contributed by atoms with Crippen molar-refractivity contribution in [3.63, 3.8) is 0 Å². The Morgan fingerprint density at radius 1 is 1.47 bits per heavy atom. The van der Waals surface area contributed by atoms with E-state index in [0.717, 1.165) is 6.54 Å². The van der Waals surface area contributed by atoms with Gasteiger partial charge in [-0.2, -0.15) is 0 Å². The van der Waals surface area contributed by atoms with Crippen molar-refractivity contribution in [1.29, 1.82) is 0 Å². The average Bonchev–Trinajstić information content (AvgIpc) is 2.67. The molecule has 1 amide bonds. The summed E-state index contributed by atoms with van der Waals surface area (Å²) >= 11 is 0. The van der Waals surface area contributed by atoms with Crippen molar-refractivity contribution in [3.05, 3.63) is 23.7 Å². The van der Waals surface area contributed by atoms with E-state index in [1.165, 1.54) is 0 Å². The van der Waals surface area contributed by atoms with E-state index in [-0.39, 0.29) is 5.91 Å². The molecule has 15 heavy (non-hydrogen) atoms. The largest absolute Gasteiger partial charge is 0.453 e. The van der Waals surface area contributed by atoms with Gasteiger partial charge in [0.15, 0.2) is 5.76 Å². The maximum atomic E-state index is 11.5. The maximum absolute atomic E-state index is 11.5. The first-order valence-corrected chi connectivity index (χ1v) is 4.78. The van der Waals surface area contributed by atoms with Crippen LogP contribution in [0.2, 0.25) is 0 Å². The third kappa shape index (κ3) is 3.73. The van der Waals surface area contributed by atoms with Crippen LogP contribution in [0, 0.1) is 0 Å². The van der Waals surface area contributed by atoms with E-state index >= 15 is 0 Å². The maximum Gasteiger partial charge on any atom is 0.287 e. The van der Waals surface area contributed by atoms with Gasteiger partial charge in [0.2, 0.25) is 0 Å². The molecule has 0 aromatic carbocycles.